The first-order valence-corrected chi connectivity index (χ1v) is 4.76. The largest absolute Gasteiger partial charge is 0.396 e. The molecule has 0 spiro atoms. The molecule has 0 fully saturated rings. The van der Waals surface area contributed by atoms with Crippen LogP contribution < -0.4 is 5.73 Å². The Labute approximate surface area is 96.8 Å². The number of nitrogens with two attached hydrogens (primary N) is 1. The number of aliphatic hydroxyl groups is 1. The first-order valence-electron chi connectivity index (χ1n) is 3.96. The zero-order chi connectivity index (χ0) is 9.84. The molecule has 0 aliphatic heterocycles. The molecule has 0 unspecified atom stereocenters. The SMILES string of the molecule is Cl.N[C@@H](CCO)c1ccc(F)c(Br)c1. The fraction of sp³-hybridized carbons (Fsp3) is 0.333. The van der Waals surface area contributed by atoms with Gasteiger partial charge in [0.05, 0.1) is 4.47 Å². The second-order valence-electron chi connectivity index (χ2n) is 2.79. The van der Waals surface area contributed by atoms with Crippen molar-refractivity contribution in [3.05, 3.63) is 34.1 Å². The number of rotatable bonds is 3. The molecule has 1 aromatic carbocycles. The Morgan fingerprint density at radius 2 is 2.14 bits per heavy atom. The van der Waals surface area contributed by atoms with E-state index in [4.69, 9.17) is 10.8 Å². The minimum atomic E-state index is -0.306. The van der Waals surface area contributed by atoms with Crippen LogP contribution in [0.3, 0.4) is 0 Å². The van der Waals surface area contributed by atoms with Crippen LogP contribution in [0.25, 0.3) is 0 Å². The fourth-order valence-electron chi connectivity index (χ4n) is 1.05. The highest BCUT2D eigenvalue weighted by atomic mass is 79.9. The maximum atomic E-state index is 12.8. The van der Waals surface area contributed by atoms with Crippen molar-refractivity contribution in [1.82, 2.24) is 0 Å². The third kappa shape index (κ3) is 3.53. The van der Waals surface area contributed by atoms with E-state index >= 15 is 0 Å². The molecule has 1 aromatic rings. The van der Waals surface area contributed by atoms with E-state index in [1.807, 2.05) is 0 Å². The van der Waals surface area contributed by atoms with Gasteiger partial charge in [-0.15, -0.1) is 12.4 Å². The average Bonchev–Trinajstić information content (AvgIpc) is 2.10. The number of hydrogen-bond acceptors (Lipinski definition) is 2. The van der Waals surface area contributed by atoms with E-state index in [1.165, 1.54) is 6.07 Å². The van der Waals surface area contributed by atoms with Crippen LogP contribution in [-0.4, -0.2) is 11.7 Å². The predicted octanol–water partition coefficient (Wildman–Crippen LogP) is 2.39. The minimum absolute atomic E-state index is 0. The van der Waals surface area contributed by atoms with E-state index in [9.17, 15) is 4.39 Å². The smallest absolute Gasteiger partial charge is 0.137 e. The molecule has 0 aliphatic carbocycles. The molecule has 1 atom stereocenters. The van der Waals surface area contributed by atoms with Crippen molar-refractivity contribution in [2.75, 3.05) is 6.61 Å². The third-order valence-corrected chi connectivity index (χ3v) is 2.42. The van der Waals surface area contributed by atoms with Crippen molar-refractivity contribution in [3.63, 3.8) is 0 Å². The summed E-state index contributed by atoms with van der Waals surface area (Å²) in [5.41, 5.74) is 6.54. The van der Waals surface area contributed by atoms with Gasteiger partial charge in [0.15, 0.2) is 0 Å². The molecule has 0 aliphatic rings. The van der Waals surface area contributed by atoms with E-state index in [2.05, 4.69) is 15.9 Å². The highest BCUT2D eigenvalue weighted by Gasteiger charge is 2.07. The molecule has 0 radical (unpaired) electrons. The lowest BCUT2D eigenvalue weighted by Crippen LogP contribution is -2.11. The molecule has 0 bridgehead atoms. The van der Waals surface area contributed by atoms with E-state index in [0.717, 1.165) is 5.56 Å². The first kappa shape index (κ1) is 13.8. The van der Waals surface area contributed by atoms with Gasteiger partial charge in [0.1, 0.15) is 5.82 Å². The summed E-state index contributed by atoms with van der Waals surface area (Å²) in [4.78, 5) is 0. The molecule has 5 heteroatoms. The molecule has 0 saturated carbocycles. The van der Waals surface area contributed by atoms with Crippen LogP contribution in [0.2, 0.25) is 0 Å². The number of hydrogen-bond donors (Lipinski definition) is 2. The maximum Gasteiger partial charge on any atom is 0.137 e. The Balaban J connectivity index is 0.00000169. The van der Waals surface area contributed by atoms with E-state index in [1.54, 1.807) is 12.1 Å². The second kappa shape index (κ2) is 6.35. The summed E-state index contributed by atoms with van der Waals surface area (Å²) in [7, 11) is 0. The summed E-state index contributed by atoms with van der Waals surface area (Å²) < 4.78 is 13.2. The topological polar surface area (TPSA) is 46.2 Å². The molecule has 0 aromatic heterocycles. The third-order valence-electron chi connectivity index (χ3n) is 1.81. The summed E-state index contributed by atoms with van der Waals surface area (Å²) in [6.07, 6.45) is 0.484. The molecule has 3 N–H and O–H groups in total. The molecule has 1 rings (SSSR count). The van der Waals surface area contributed by atoms with Crippen LogP contribution in [0.15, 0.2) is 22.7 Å². The van der Waals surface area contributed by atoms with E-state index < -0.39 is 0 Å². The van der Waals surface area contributed by atoms with Crippen LogP contribution >= 0.6 is 28.3 Å². The Kier molecular flexibility index (Phi) is 6.27. The zero-order valence-electron chi connectivity index (χ0n) is 7.41. The lowest BCUT2D eigenvalue weighted by molar-refractivity contribution is 0.276. The fourth-order valence-corrected chi connectivity index (χ4v) is 1.45. The number of aliphatic hydroxyl groups excluding tert-OH is 1. The molecule has 2 nitrogen and oxygen atoms in total. The van der Waals surface area contributed by atoms with Gasteiger partial charge in [-0.1, -0.05) is 6.07 Å². The predicted molar refractivity (Wildman–Crippen MR) is 60.0 cm³/mol. The van der Waals surface area contributed by atoms with Crippen LogP contribution in [0, 0.1) is 5.82 Å². The lowest BCUT2D eigenvalue weighted by atomic mass is 10.1. The molecular formula is C9H12BrClFNO. The number of benzene rings is 1. The molecule has 80 valence electrons. The Bertz CT molecular complexity index is 298. The highest BCUT2D eigenvalue weighted by molar-refractivity contribution is 9.10. The quantitative estimate of drug-likeness (QED) is 0.895. The molecule has 14 heavy (non-hydrogen) atoms. The van der Waals surface area contributed by atoms with Gasteiger partial charge in [-0.3, -0.25) is 0 Å². The Morgan fingerprint density at radius 1 is 1.50 bits per heavy atom. The van der Waals surface area contributed by atoms with Crippen LogP contribution in [0.5, 0.6) is 0 Å². The first-order chi connectivity index (χ1) is 6.15. The monoisotopic (exact) mass is 283 g/mol. The van der Waals surface area contributed by atoms with Crippen molar-refractivity contribution in [2.24, 2.45) is 5.73 Å². The average molecular weight is 285 g/mol. The summed E-state index contributed by atoms with van der Waals surface area (Å²) in [6.45, 7) is 0.0379. The molecule has 0 heterocycles. The summed E-state index contributed by atoms with van der Waals surface area (Å²) in [5, 5.41) is 8.66. The maximum absolute atomic E-state index is 12.8. The number of halogens is 3. The van der Waals surface area contributed by atoms with Crippen LogP contribution in [0.1, 0.15) is 18.0 Å². The van der Waals surface area contributed by atoms with Crippen molar-refractivity contribution in [2.45, 2.75) is 12.5 Å². The van der Waals surface area contributed by atoms with Gasteiger partial charge in [0.25, 0.3) is 0 Å². The second-order valence-corrected chi connectivity index (χ2v) is 3.65. The van der Waals surface area contributed by atoms with Gasteiger partial charge < -0.3 is 10.8 Å². The zero-order valence-corrected chi connectivity index (χ0v) is 9.81. The standard InChI is InChI=1S/C9H11BrFNO.ClH/c10-7-5-6(1-2-8(7)11)9(12)3-4-13;/h1-2,5,9,13H,3-4,12H2;1H/t9-;/m0./s1. The summed E-state index contributed by atoms with van der Waals surface area (Å²) in [6, 6.07) is 4.38. The van der Waals surface area contributed by atoms with Crippen LogP contribution in [0.4, 0.5) is 4.39 Å². The molecule has 0 amide bonds. The van der Waals surface area contributed by atoms with Gasteiger partial charge in [0.2, 0.25) is 0 Å². The normalized spacial score (nSPS) is 12.0. The highest BCUT2D eigenvalue weighted by Crippen LogP contribution is 2.21. The molecular weight excluding hydrogens is 272 g/mol. The summed E-state index contributed by atoms with van der Waals surface area (Å²) in [5.74, 6) is -0.306. The van der Waals surface area contributed by atoms with Crippen LogP contribution in [-0.2, 0) is 0 Å². The Hall–Kier alpha value is -0.160. The van der Waals surface area contributed by atoms with Gasteiger partial charge in [0, 0.05) is 12.6 Å². The van der Waals surface area contributed by atoms with Gasteiger partial charge in [-0.05, 0) is 40.0 Å². The van der Waals surface area contributed by atoms with Crippen molar-refractivity contribution in [1.29, 1.82) is 0 Å². The van der Waals surface area contributed by atoms with Gasteiger partial charge >= 0.3 is 0 Å². The van der Waals surface area contributed by atoms with Crippen molar-refractivity contribution < 1.29 is 9.50 Å². The minimum Gasteiger partial charge on any atom is -0.396 e. The van der Waals surface area contributed by atoms with Gasteiger partial charge in [-0.2, -0.15) is 0 Å². The van der Waals surface area contributed by atoms with E-state index in [0.29, 0.717) is 10.9 Å². The van der Waals surface area contributed by atoms with Gasteiger partial charge in [-0.25, -0.2) is 4.39 Å². The Morgan fingerprint density at radius 3 is 2.64 bits per heavy atom. The lowest BCUT2D eigenvalue weighted by Gasteiger charge is -2.10. The van der Waals surface area contributed by atoms with Crippen molar-refractivity contribution in [3.8, 4) is 0 Å². The molecule has 0 saturated heterocycles. The van der Waals surface area contributed by atoms with E-state index in [-0.39, 0.29) is 30.9 Å². The van der Waals surface area contributed by atoms with Crippen molar-refractivity contribution >= 4 is 28.3 Å². The summed E-state index contributed by atoms with van der Waals surface area (Å²) >= 11 is 3.07.